The van der Waals surface area contributed by atoms with Crippen molar-refractivity contribution in [2.45, 2.75) is 64.1 Å². The number of benzene rings is 3. The van der Waals surface area contributed by atoms with Crippen LogP contribution in [0.25, 0.3) is 33.4 Å². The average Bonchev–Trinajstić information content (AvgIpc) is 3.42. The van der Waals surface area contributed by atoms with Crippen molar-refractivity contribution >= 4 is 22.7 Å². The first-order valence-corrected chi connectivity index (χ1v) is 15.5. The van der Waals surface area contributed by atoms with Gasteiger partial charge in [-0.1, -0.05) is 25.5 Å². The van der Waals surface area contributed by atoms with Crippen LogP contribution in [0.15, 0.2) is 77.5 Å². The molecule has 1 aliphatic rings. The summed E-state index contributed by atoms with van der Waals surface area (Å²) in [6.45, 7) is 1.02. The summed E-state index contributed by atoms with van der Waals surface area (Å²) >= 11 is 0. The summed E-state index contributed by atoms with van der Waals surface area (Å²) in [5.74, 6) is -0.129. The topological polar surface area (TPSA) is 94.3 Å². The fourth-order valence-electron chi connectivity index (χ4n) is 6.61. The first-order valence-electron chi connectivity index (χ1n) is 15.5. The van der Waals surface area contributed by atoms with Crippen LogP contribution in [0.3, 0.4) is 0 Å². The molecule has 0 bridgehead atoms. The lowest BCUT2D eigenvalue weighted by molar-refractivity contribution is -0.196. The summed E-state index contributed by atoms with van der Waals surface area (Å²) < 4.78 is 50.6. The highest BCUT2D eigenvalue weighted by molar-refractivity contribution is 6.12. The molecule has 1 fully saturated rings. The van der Waals surface area contributed by atoms with Gasteiger partial charge < -0.3 is 14.5 Å². The highest BCUT2D eigenvalue weighted by Gasteiger charge is 2.50. The number of aromatic nitrogens is 2. The second-order valence-electron chi connectivity index (χ2n) is 12.1. The second kappa shape index (κ2) is 13.1. The van der Waals surface area contributed by atoms with Crippen LogP contribution in [-0.2, 0) is 16.6 Å². The van der Waals surface area contributed by atoms with Crippen molar-refractivity contribution in [2.24, 2.45) is 0 Å². The number of Topliss-reactive ketones (excluding diaryl/α,β-unsaturated/α-hetero) is 1. The third-order valence-corrected chi connectivity index (χ3v) is 8.91. The number of carbonyl (C=O) groups excluding carboxylic acids is 2. The summed E-state index contributed by atoms with van der Waals surface area (Å²) in [5.41, 5.74) is 4.49. The van der Waals surface area contributed by atoms with E-state index in [1.807, 2.05) is 37.3 Å². The van der Waals surface area contributed by atoms with Crippen molar-refractivity contribution in [1.29, 1.82) is 0 Å². The van der Waals surface area contributed by atoms with E-state index in [2.05, 4.69) is 22.2 Å². The number of hydrogen-bond donors (Lipinski definition) is 1. The summed E-state index contributed by atoms with van der Waals surface area (Å²) in [4.78, 5) is 36.0. The number of alkyl halides is 2. The number of ether oxygens (including phenoxy) is 1. The number of halogens is 3. The maximum Gasteiger partial charge on any atom is 0.345 e. The normalized spacial score (nSPS) is 17.6. The molecule has 47 heavy (non-hydrogen) atoms. The van der Waals surface area contributed by atoms with Crippen LogP contribution < -0.4 is 5.32 Å². The summed E-state index contributed by atoms with van der Waals surface area (Å²) in [6.07, 6.45) is 4.48. The molecule has 0 radical (unpaired) electrons. The average molecular weight is 642 g/mol. The van der Waals surface area contributed by atoms with Crippen LogP contribution in [0.4, 0.5) is 13.2 Å². The molecule has 1 saturated carbocycles. The molecule has 242 valence electrons. The Morgan fingerprint density at radius 2 is 1.74 bits per heavy atom. The minimum atomic E-state index is -2.90. The lowest BCUT2D eigenvalue weighted by atomic mass is 9.62. The Balaban J connectivity index is 1.41. The largest absolute Gasteiger partial charge is 0.455 e. The van der Waals surface area contributed by atoms with Crippen LogP contribution in [0.2, 0.25) is 0 Å². The number of fused-ring (bicyclic) bond motifs is 1. The van der Waals surface area contributed by atoms with E-state index < -0.39 is 23.9 Å². The Hall–Kier alpha value is -4.83. The molecule has 1 amide bonds. The number of aryl methyl sites for hydroxylation is 2. The van der Waals surface area contributed by atoms with E-state index >= 15 is 0 Å². The predicted octanol–water partition coefficient (Wildman–Crippen LogP) is 8.23. The zero-order chi connectivity index (χ0) is 33.3. The Kier molecular flexibility index (Phi) is 8.96. The number of amides is 1. The van der Waals surface area contributed by atoms with Crippen molar-refractivity contribution in [3.05, 3.63) is 107 Å². The minimum absolute atomic E-state index is 0.0365. The van der Waals surface area contributed by atoms with Gasteiger partial charge in [0, 0.05) is 47.8 Å². The third kappa shape index (κ3) is 6.30. The fraction of sp³-hybridized carbons (Fsp3) is 0.297. The van der Waals surface area contributed by atoms with E-state index in [1.165, 1.54) is 19.2 Å². The number of ketones is 1. The van der Waals surface area contributed by atoms with Crippen LogP contribution in [0.1, 0.15) is 70.3 Å². The molecule has 7 nitrogen and oxygen atoms in total. The van der Waals surface area contributed by atoms with E-state index in [9.17, 15) is 22.8 Å². The summed E-state index contributed by atoms with van der Waals surface area (Å²) in [6, 6.07) is 17.0. The number of hydrogen-bond acceptors (Lipinski definition) is 6. The smallest absolute Gasteiger partial charge is 0.345 e. The minimum Gasteiger partial charge on any atom is -0.455 e. The number of furan rings is 1. The van der Waals surface area contributed by atoms with Crippen molar-refractivity contribution in [3.8, 4) is 22.5 Å². The number of nitrogens with one attached hydrogen (secondary N) is 1. The zero-order valence-corrected chi connectivity index (χ0v) is 26.3. The van der Waals surface area contributed by atoms with Gasteiger partial charge in [-0.15, -0.1) is 0 Å². The highest BCUT2D eigenvalue weighted by atomic mass is 19.3. The summed E-state index contributed by atoms with van der Waals surface area (Å²) in [7, 11) is 1.54. The molecule has 0 spiro atoms. The third-order valence-electron chi connectivity index (χ3n) is 8.91. The Bertz CT molecular complexity index is 1930. The van der Waals surface area contributed by atoms with Crippen LogP contribution >= 0.6 is 0 Å². The van der Waals surface area contributed by atoms with Gasteiger partial charge >= 0.3 is 6.61 Å². The van der Waals surface area contributed by atoms with Crippen molar-refractivity contribution in [1.82, 2.24) is 15.3 Å². The van der Waals surface area contributed by atoms with E-state index in [0.717, 1.165) is 28.7 Å². The monoisotopic (exact) mass is 641 g/mol. The molecule has 2 heterocycles. The Morgan fingerprint density at radius 3 is 2.40 bits per heavy atom. The highest BCUT2D eigenvalue weighted by Crippen LogP contribution is 2.48. The van der Waals surface area contributed by atoms with E-state index in [0.29, 0.717) is 45.7 Å². The zero-order valence-electron chi connectivity index (χ0n) is 26.3. The van der Waals surface area contributed by atoms with Gasteiger partial charge in [0.15, 0.2) is 5.78 Å². The molecule has 0 atom stereocenters. The van der Waals surface area contributed by atoms with Crippen molar-refractivity contribution in [2.75, 3.05) is 7.05 Å². The lowest BCUT2D eigenvalue weighted by Gasteiger charge is -2.45. The molecule has 1 N–H and O–H groups in total. The number of carbonyl (C=O) groups is 2. The number of rotatable bonds is 11. The fourth-order valence-corrected chi connectivity index (χ4v) is 6.61. The van der Waals surface area contributed by atoms with Crippen LogP contribution in [0.5, 0.6) is 0 Å². The first kappa shape index (κ1) is 32.1. The van der Waals surface area contributed by atoms with Crippen LogP contribution in [-0.4, -0.2) is 41.4 Å². The molecule has 2 aromatic heterocycles. The van der Waals surface area contributed by atoms with Gasteiger partial charge in [0.2, 0.25) is 0 Å². The van der Waals surface area contributed by atoms with E-state index in [1.54, 1.807) is 30.6 Å². The van der Waals surface area contributed by atoms with Crippen LogP contribution in [0, 0.1) is 12.7 Å². The first-order chi connectivity index (χ1) is 22.6. The predicted molar refractivity (Wildman–Crippen MR) is 172 cm³/mol. The Labute approximate surface area is 270 Å². The van der Waals surface area contributed by atoms with E-state index in [4.69, 9.17) is 9.15 Å². The van der Waals surface area contributed by atoms with Gasteiger partial charge in [0.1, 0.15) is 23.0 Å². The van der Waals surface area contributed by atoms with Gasteiger partial charge in [-0.25, -0.2) is 14.4 Å². The van der Waals surface area contributed by atoms with Crippen molar-refractivity contribution < 1.29 is 31.9 Å². The van der Waals surface area contributed by atoms with Crippen molar-refractivity contribution in [3.63, 3.8) is 0 Å². The molecule has 6 rings (SSSR count). The molecule has 3 aromatic carbocycles. The summed E-state index contributed by atoms with van der Waals surface area (Å²) in [5, 5.41) is 3.28. The Morgan fingerprint density at radius 1 is 1.04 bits per heavy atom. The van der Waals surface area contributed by atoms with E-state index in [-0.39, 0.29) is 31.0 Å². The SMILES string of the molecule is CCCc1cc2oc(-c3ccc(F)cc3)c(C(=O)NC)c2cc1-c1ccc(C)c(C(=O)CC2(c3ncccn3)CC(OC(F)F)C2)c1. The quantitative estimate of drug-likeness (QED) is 0.146. The molecule has 0 aliphatic heterocycles. The van der Waals surface area contributed by atoms with Gasteiger partial charge in [-0.3, -0.25) is 9.59 Å². The second-order valence-corrected chi connectivity index (χ2v) is 12.1. The lowest BCUT2D eigenvalue weighted by Crippen LogP contribution is -2.49. The van der Waals surface area contributed by atoms with Gasteiger partial charge in [-0.05, 0) is 97.0 Å². The number of nitrogens with zero attached hydrogens (tertiary/aromatic N) is 2. The molecular formula is C37H34F3N3O4. The molecule has 10 heteroatoms. The maximum absolute atomic E-state index is 14.0. The molecule has 0 unspecified atom stereocenters. The van der Waals surface area contributed by atoms with Gasteiger partial charge in [0.05, 0.1) is 11.7 Å². The van der Waals surface area contributed by atoms with Gasteiger partial charge in [-0.2, -0.15) is 8.78 Å². The molecule has 0 saturated heterocycles. The molecule has 5 aromatic rings. The maximum atomic E-state index is 14.0. The van der Waals surface area contributed by atoms with Gasteiger partial charge in [0.25, 0.3) is 5.91 Å². The standard InChI is InChI=1S/C37H34F3N3O4/c1-4-6-23-16-31-29(32(34(45)41-3)33(47-31)22-9-11-25(38)12-10-22)17-28(23)24-8-7-21(2)27(15-24)30(44)20-37(35-42-13-5-14-43-35)18-26(19-37)46-36(39)40/h5,7-17,26,36H,4,6,18-20H2,1-3H3,(H,41,45). The molecular weight excluding hydrogens is 607 g/mol. The molecule has 1 aliphatic carbocycles.